The SMILES string of the molecule is CC(C)CC(NC=O)C(=O)NC(C(=O)NC(C)Cc1c[nH]c2ccccc12)C(C)C. The Hall–Kier alpha value is -2.83. The Morgan fingerprint density at radius 1 is 1.03 bits per heavy atom. The second-order valence-corrected chi connectivity index (χ2v) is 8.67. The van der Waals surface area contributed by atoms with Crippen LogP contribution in [-0.2, 0) is 20.8 Å². The van der Waals surface area contributed by atoms with E-state index in [0.717, 1.165) is 16.5 Å². The maximum Gasteiger partial charge on any atom is 0.243 e. The Kier molecular flexibility index (Phi) is 8.45. The first-order valence-electron chi connectivity index (χ1n) is 10.6. The molecule has 0 saturated heterocycles. The number of amides is 3. The minimum Gasteiger partial charge on any atom is -0.361 e. The summed E-state index contributed by atoms with van der Waals surface area (Å²) in [6.07, 6.45) is 3.68. The second kappa shape index (κ2) is 10.8. The number of benzene rings is 1. The van der Waals surface area contributed by atoms with Gasteiger partial charge in [-0.15, -0.1) is 0 Å². The summed E-state index contributed by atoms with van der Waals surface area (Å²) in [5.41, 5.74) is 2.20. The predicted molar refractivity (Wildman–Crippen MR) is 119 cm³/mol. The molecule has 3 unspecified atom stereocenters. The number of nitrogens with one attached hydrogen (secondary N) is 4. The van der Waals surface area contributed by atoms with E-state index in [-0.39, 0.29) is 29.7 Å². The minimum atomic E-state index is -0.675. The van der Waals surface area contributed by atoms with Gasteiger partial charge in [-0.2, -0.15) is 0 Å². The Labute approximate surface area is 178 Å². The van der Waals surface area contributed by atoms with Gasteiger partial charge >= 0.3 is 0 Å². The summed E-state index contributed by atoms with van der Waals surface area (Å²) in [5.74, 6) is -0.421. The van der Waals surface area contributed by atoms with Crippen LogP contribution in [0.1, 0.15) is 46.6 Å². The Bertz CT molecular complexity index is 859. The number of hydrogen-bond acceptors (Lipinski definition) is 3. The fourth-order valence-electron chi connectivity index (χ4n) is 3.61. The van der Waals surface area contributed by atoms with E-state index >= 15 is 0 Å². The average molecular weight is 415 g/mol. The molecule has 2 aromatic rings. The zero-order valence-electron chi connectivity index (χ0n) is 18.5. The summed E-state index contributed by atoms with van der Waals surface area (Å²) in [6, 6.07) is 6.62. The number of carbonyl (C=O) groups is 3. The predicted octanol–water partition coefficient (Wildman–Crippen LogP) is 2.52. The van der Waals surface area contributed by atoms with E-state index in [0.29, 0.717) is 19.3 Å². The van der Waals surface area contributed by atoms with Gasteiger partial charge in [0.25, 0.3) is 0 Å². The fraction of sp³-hybridized carbons (Fsp3) is 0.522. The molecule has 3 atom stereocenters. The number of carbonyl (C=O) groups excluding carboxylic acids is 3. The first-order valence-corrected chi connectivity index (χ1v) is 10.6. The summed E-state index contributed by atoms with van der Waals surface area (Å²) < 4.78 is 0. The van der Waals surface area contributed by atoms with Crippen LogP contribution in [0.3, 0.4) is 0 Å². The molecule has 0 aliphatic carbocycles. The van der Waals surface area contributed by atoms with Gasteiger partial charge in [-0.25, -0.2) is 0 Å². The van der Waals surface area contributed by atoms with Gasteiger partial charge in [0.1, 0.15) is 12.1 Å². The van der Waals surface area contributed by atoms with Crippen LogP contribution >= 0.6 is 0 Å². The van der Waals surface area contributed by atoms with Crippen LogP contribution in [0.25, 0.3) is 10.9 Å². The third kappa shape index (κ3) is 6.34. The summed E-state index contributed by atoms with van der Waals surface area (Å²) in [5, 5.41) is 9.54. The van der Waals surface area contributed by atoms with E-state index in [1.165, 1.54) is 0 Å². The molecule has 0 bridgehead atoms. The third-order valence-corrected chi connectivity index (χ3v) is 5.13. The van der Waals surface area contributed by atoms with Crippen LogP contribution < -0.4 is 16.0 Å². The standard InChI is InChI=1S/C23H34N4O3/c1-14(2)10-20(25-13-28)22(29)27-21(15(3)4)23(30)26-16(5)11-17-12-24-19-9-7-6-8-18(17)19/h6-9,12-16,20-21,24H,10-11H2,1-5H3,(H,25,28)(H,26,30)(H,27,29). The lowest BCUT2D eigenvalue weighted by molar-refractivity contribution is -0.132. The van der Waals surface area contributed by atoms with Gasteiger partial charge in [-0.05, 0) is 43.2 Å². The van der Waals surface area contributed by atoms with Crippen molar-refractivity contribution < 1.29 is 14.4 Å². The molecule has 0 radical (unpaired) electrons. The Balaban J connectivity index is 2.01. The molecule has 7 heteroatoms. The molecular formula is C23H34N4O3. The van der Waals surface area contributed by atoms with Crippen LogP contribution in [0.4, 0.5) is 0 Å². The lowest BCUT2D eigenvalue weighted by Gasteiger charge is -2.26. The average Bonchev–Trinajstić information content (AvgIpc) is 3.07. The van der Waals surface area contributed by atoms with E-state index in [1.54, 1.807) is 0 Å². The molecule has 2 rings (SSSR count). The summed E-state index contributed by atoms with van der Waals surface area (Å²) in [4.78, 5) is 39.7. The lowest BCUT2D eigenvalue weighted by atomic mass is 9.99. The van der Waals surface area contributed by atoms with Crippen LogP contribution in [0.2, 0.25) is 0 Å². The minimum absolute atomic E-state index is 0.0924. The van der Waals surface area contributed by atoms with Crippen molar-refractivity contribution in [1.82, 2.24) is 20.9 Å². The van der Waals surface area contributed by atoms with Crippen LogP contribution in [0, 0.1) is 11.8 Å². The molecule has 0 saturated carbocycles. The van der Waals surface area contributed by atoms with Crippen molar-refractivity contribution in [2.75, 3.05) is 0 Å². The number of fused-ring (bicyclic) bond motifs is 1. The van der Waals surface area contributed by atoms with Crippen molar-refractivity contribution in [3.63, 3.8) is 0 Å². The smallest absolute Gasteiger partial charge is 0.243 e. The molecule has 4 N–H and O–H groups in total. The lowest BCUT2D eigenvalue weighted by Crippen LogP contribution is -2.56. The first kappa shape index (κ1) is 23.4. The molecule has 7 nitrogen and oxygen atoms in total. The van der Waals surface area contributed by atoms with Gasteiger partial charge in [0.2, 0.25) is 18.2 Å². The summed E-state index contributed by atoms with van der Waals surface area (Å²) in [6.45, 7) is 9.69. The molecule has 0 spiro atoms. The Morgan fingerprint density at radius 3 is 2.37 bits per heavy atom. The van der Waals surface area contributed by atoms with Gasteiger partial charge in [0.15, 0.2) is 0 Å². The number of aromatic nitrogens is 1. The number of H-pyrrole nitrogens is 1. The molecular weight excluding hydrogens is 380 g/mol. The van der Waals surface area contributed by atoms with Crippen LogP contribution in [0.5, 0.6) is 0 Å². The monoisotopic (exact) mass is 414 g/mol. The third-order valence-electron chi connectivity index (χ3n) is 5.13. The van der Waals surface area contributed by atoms with E-state index in [2.05, 4.69) is 27.0 Å². The number of para-hydroxylation sites is 1. The number of aromatic amines is 1. The van der Waals surface area contributed by atoms with Crippen molar-refractivity contribution in [3.05, 3.63) is 36.0 Å². The fourth-order valence-corrected chi connectivity index (χ4v) is 3.61. The van der Waals surface area contributed by atoms with Gasteiger partial charge in [0, 0.05) is 23.1 Å². The maximum atomic E-state index is 12.9. The van der Waals surface area contributed by atoms with Gasteiger partial charge in [0.05, 0.1) is 0 Å². The normalized spacial score (nSPS) is 14.4. The van der Waals surface area contributed by atoms with E-state index in [4.69, 9.17) is 0 Å². The first-order chi connectivity index (χ1) is 14.2. The van der Waals surface area contributed by atoms with E-state index in [9.17, 15) is 14.4 Å². The largest absolute Gasteiger partial charge is 0.361 e. The topological polar surface area (TPSA) is 103 Å². The molecule has 1 heterocycles. The highest BCUT2D eigenvalue weighted by Gasteiger charge is 2.28. The summed E-state index contributed by atoms with van der Waals surface area (Å²) >= 11 is 0. The quantitative estimate of drug-likeness (QED) is 0.425. The second-order valence-electron chi connectivity index (χ2n) is 8.67. The molecule has 30 heavy (non-hydrogen) atoms. The van der Waals surface area contributed by atoms with Crippen molar-refractivity contribution in [3.8, 4) is 0 Å². The van der Waals surface area contributed by atoms with Gasteiger partial charge < -0.3 is 20.9 Å². The zero-order valence-corrected chi connectivity index (χ0v) is 18.5. The zero-order chi connectivity index (χ0) is 22.3. The molecule has 1 aromatic heterocycles. The summed E-state index contributed by atoms with van der Waals surface area (Å²) in [7, 11) is 0. The van der Waals surface area contributed by atoms with Crippen molar-refractivity contribution in [1.29, 1.82) is 0 Å². The molecule has 1 aromatic carbocycles. The van der Waals surface area contributed by atoms with E-state index < -0.39 is 12.1 Å². The van der Waals surface area contributed by atoms with Crippen LogP contribution in [-0.4, -0.2) is 41.3 Å². The molecule has 3 amide bonds. The van der Waals surface area contributed by atoms with Crippen molar-refractivity contribution >= 4 is 29.1 Å². The number of rotatable bonds is 11. The number of hydrogen-bond donors (Lipinski definition) is 4. The van der Waals surface area contributed by atoms with Crippen LogP contribution in [0.15, 0.2) is 30.5 Å². The maximum absolute atomic E-state index is 12.9. The Morgan fingerprint density at radius 2 is 1.73 bits per heavy atom. The van der Waals surface area contributed by atoms with Gasteiger partial charge in [-0.3, -0.25) is 14.4 Å². The highest BCUT2D eigenvalue weighted by atomic mass is 16.2. The molecule has 164 valence electrons. The highest BCUT2D eigenvalue weighted by Crippen LogP contribution is 2.19. The van der Waals surface area contributed by atoms with E-state index in [1.807, 2.05) is 59.0 Å². The molecule has 0 aliphatic heterocycles. The van der Waals surface area contributed by atoms with Crippen molar-refractivity contribution in [2.24, 2.45) is 11.8 Å². The molecule has 0 aliphatic rings. The molecule has 0 fully saturated rings. The van der Waals surface area contributed by atoms with Gasteiger partial charge in [-0.1, -0.05) is 45.9 Å². The van der Waals surface area contributed by atoms with Crippen molar-refractivity contribution in [2.45, 2.75) is 65.6 Å². The highest BCUT2D eigenvalue weighted by molar-refractivity contribution is 5.91.